The lowest BCUT2D eigenvalue weighted by molar-refractivity contribution is 0.790. The first-order valence-corrected chi connectivity index (χ1v) is 5.05. The molecule has 14 heavy (non-hydrogen) atoms. The molecule has 0 bridgehead atoms. The Bertz CT molecular complexity index is 254. The van der Waals surface area contributed by atoms with Gasteiger partial charge < -0.3 is 0 Å². The number of allylic oxidation sites excluding steroid dienone is 3. The molecule has 0 fully saturated rings. The lowest BCUT2D eigenvalue weighted by Crippen LogP contribution is -2.06. The van der Waals surface area contributed by atoms with Crippen molar-refractivity contribution in [3.8, 4) is 0 Å². The van der Waals surface area contributed by atoms with Crippen molar-refractivity contribution < 1.29 is 0 Å². The Balaban J connectivity index is 4.95. The summed E-state index contributed by atoms with van der Waals surface area (Å²) in [6.45, 7) is 16.0. The average Bonchev–Trinajstić information content (AvgIpc) is 2.11. The lowest BCUT2D eigenvalue weighted by Gasteiger charge is -2.09. The van der Waals surface area contributed by atoms with Crippen molar-refractivity contribution in [3.05, 3.63) is 37.1 Å². The van der Waals surface area contributed by atoms with Gasteiger partial charge >= 0.3 is 0 Å². The van der Waals surface area contributed by atoms with Crippen LogP contribution in [0.2, 0.25) is 0 Å². The van der Waals surface area contributed by atoms with Crippen LogP contribution in [0.5, 0.6) is 0 Å². The van der Waals surface area contributed by atoms with E-state index in [-0.39, 0.29) is 0 Å². The lowest BCUT2D eigenvalue weighted by atomic mass is 9.98. The number of hydrogen-bond donors (Lipinski definition) is 0. The standard InChI is InChI=1S/C13H21N/c1-7-12(10(3)4)9-13(11(5)6)14-8-2/h7-11H,1-2H2,3-6H3/b12-9+,14-13+. The van der Waals surface area contributed by atoms with E-state index in [9.17, 15) is 0 Å². The van der Waals surface area contributed by atoms with Crippen molar-refractivity contribution in [1.82, 2.24) is 0 Å². The fourth-order valence-corrected chi connectivity index (χ4v) is 1.09. The van der Waals surface area contributed by atoms with Gasteiger partial charge in [-0.2, -0.15) is 0 Å². The van der Waals surface area contributed by atoms with Crippen molar-refractivity contribution >= 4 is 5.71 Å². The first kappa shape index (κ1) is 12.9. The molecule has 0 aliphatic heterocycles. The second-order valence-corrected chi connectivity index (χ2v) is 3.89. The van der Waals surface area contributed by atoms with Crippen molar-refractivity contribution in [2.24, 2.45) is 16.8 Å². The van der Waals surface area contributed by atoms with Gasteiger partial charge in [0.2, 0.25) is 0 Å². The van der Waals surface area contributed by atoms with Crippen molar-refractivity contribution in [3.63, 3.8) is 0 Å². The summed E-state index contributed by atoms with van der Waals surface area (Å²) >= 11 is 0. The Morgan fingerprint density at radius 1 is 1.07 bits per heavy atom. The quantitative estimate of drug-likeness (QED) is 0.460. The summed E-state index contributed by atoms with van der Waals surface area (Å²) < 4.78 is 0. The Kier molecular flexibility index (Phi) is 5.86. The minimum Gasteiger partial charge on any atom is -0.262 e. The molecule has 0 atom stereocenters. The molecule has 0 rings (SSSR count). The first-order chi connectivity index (χ1) is 6.52. The van der Waals surface area contributed by atoms with Gasteiger partial charge in [-0.3, -0.25) is 4.99 Å². The normalized spacial score (nSPS) is 13.6. The number of aliphatic imine (C=N–C) groups is 1. The van der Waals surface area contributed by atoms with Crippen LogP contribution in [0.3, 0.4) is 0 Å². The Morgan fingerprint density at radius 2 is 1.64 bits per heavy atom. The molecule has 0 aliphatic rings. The second-order valence-electron chi connectivity index (χ2n) is 3.89. The molecule has 0 aliphatic carbocycles. The van der Waals surface area contributed by atoms with Crippen LogP contribution in [0.25, 0.3) is 0 Å². The van der Waals surface area contributed by atoms with E-state index in [0.29, 0.717) is 11.8 Å². The third-order valence-electron chi connectivity index (χ3n) is 2.05. The molecule has 0 spiro atoms. The summed E-state index contributed by atoms with van der Waals surface area (Å²) in [6.07, 6.45) is 5.59. The van der Waals surface area contributed by atoms with E-state index in [4.69, 9.17) is 0 Å². The van der Waals surface area contributed by atoms with Crippen LogP contribution in [-0.4, -0.2) is 5.71 Å². The van der Waals surface area contributed by atoms with E-state index < -0.39 is 0 Å². The molecular formula is C13H21N. The van der Waals surface area contributed by atoms with E-state index in [2.05, 4.69) is 51.9 Å². The second kappa shape index (κ2) is 6.36. The molecule has 0 unspecified atom stereocenters. The molecule has 1 nitrogen and oxygen atoms in total. The largest absolute Gasteiger partial charge is 0.262 e. The third-order valence-corrected chi connectivity index (χ3v) is 2.05. The van der Waals surface area contributed by atoms with E-state index in [1.807, 2.05) is 6.08 Å². The first-order valence-electron chi connectivity index (χ1n) is 5.05. The summed E-state index contributed by atoms with van der Waals surface area (Å²) in [6, 6.07) is 0. The molecule has 0 aromatic rings. The maximum absolute atomic E-state index is 4.25. The summed E-state index contributed by atoms with van der Waals surface area (Å²) in [7, 11) is 0. The van der Waals surface area contributed by atoms with Crippen LogP contribution >= 0.6 is 0 Å². The highest BCUT2D eigenvalue weighted by Gasteiger charge is 2.04. The van der Waals surface area contributed by atoms with E-state index in [1.54, 1.807) is 6.20 Å². The predicted octanol–water partition coefficient (Wildman–Crippen LogP) is 4.00. The predicted molar refractivity (Wildman–Crippen MR) is 65.6 cm³/mol. The maximum atomic E-state index is 4.25. The van der Waals surface area contributed by atoms with E-state index in [0.717, 1.165) is 5.71 Å². The van der Waals surface area contributed by atoms with Gasteiger partial charge in [0.05, 0.1) is 0 Å². The minimum absolute atomic E-state index is 0.418. The fraction of sp³-hybridized carbons (Fsp3) is 0.462. The Labute approximate surface area is 87.9 Å². The molecule has 0 aromatic carbocycles. The molecule has 0 N–H and O–H groups in total. The van der Waals surface area contributed by atoms with E-state index in [1.165, 1.54) is 5.57 Å². The summed E-state index contributed by atoms with van der Waals surface area (Å²) in [5.74, 6) is 0.906. The number of rotatable bonds is 5. The van der Waals surface area contributed by atoms with Crippen molar-refractivity contribution in [2.45, 2.75) is 27.7 Å². The third kappa shape index (κ3) is 4.22. The van der Waals surface area contributed by atoms with Gasteiger partial charge in [0.15, 0.2) is 0 Å². The SMILES string of the molecule is C=C/N=C(\C=C(/C=C)C(C)C)C(C)C. The molecule has 0 saturated carbocycles. The molecule has 1 heteroatoms. The number of hydrogen-bond acceptors (Lipinski definition) is 1. The fourth-order valence-electron chi connectivity index (χ4n) is 1.09. The zero-order valence-electron chi connectivity index (χ0n) is 9.75. The molecule has 0 amide bonds. The van der Waals surface area contributed by atoms with Crippen LogP contribution in [0.1, 0.15) is 27.7 Å². The van der Waals surface area contributed by atoms with Crippen molar-refractivity contribution in [1.29, 1.82) is 0 Å². The van der Waals surface area contributed by atoms with Crippen LogP contribution in [0.4, 0.5) is 0 Å². The monoisotopic (exact) mass is 191 g/mol. The van der Waals surface area contributed by atoms with Gasteiger partial charge in [-0.1, -0.05) is 46.9 Å². The van der Waals surface area contributed by atoms with Crippen LogP contribution < -0.4 is 0 Å². The van der Waals surface area contributed by atoms with Crippen molar-refractivity contribution in [2.75, 3.05) is 0 Å². The Hall–Kier alpha value is -1.11. The van der Waals surface area contributed by atoms with Gasteiger partial charge in [0, 0.05) is 11.9 Å². The van der Waals surface area contributed by atoms with Gasteiger partial charge in [0.1, 0.15) is 0 Å². The molecule has 0 saturated heterocycles. The van der Waals surface area contributed by atoms with Crippen LogP contribution in [-0.2, 0) is 0 Å². The molecular weight excluding hydrogens is 170 g/mol. The topological polar surface area (TPSA) is 12.4 Å². The molecule has 78 valence electrons. The summed E-state index contributed by atoms with van der Waals surface area (Å²) in [5, 5.41) is 0. The smallest absolute Gasteiger partial charge is 0.0431 e. The van der Waals surface area contributed by atoms with Gasteiger partial charge in [-0.25, -0.2) is 0 Å². The number of nitrogens with zero attached hydrogens (tertiary/aromatic N) is 1. The highest BCUT2D eigenvalue weighted by molar-refractivity contribution is 5.97. The molecule has 0 heterocycles. The summed E-state index contributed by atoms with van der Waals surface area (Å²) in [5.41, 5.74) is 2.28. The zero-order chi connectivity index (χ0) is 11.1. The highest BCUT2D eigenvalue weighted by Crippen LogP contribution is 2.12. The average molecular weight is 191 g/mol. The highest BCUT2D eigenvalue weighted by atomic mass is 14.7. The van der Waals surface area contributed by atoms with Crippen LogP contribution in [0.15, 0.2) is 42.1 Å². The zero-order valence-corrected chi connectivity index (χ0v) is 9.75. The van der Waals surface area contributed by atoms with Gasteiger partial charge in [-0.15, -0.1) is 0 Å². The minimum atomic E-state index is 0.418. The summed E-state index contributed by atoms with van der Waals surface area (Å²) in [4.78, 5) is 4.25. The van der Waals surface area contributed by atoms with Gasteiger partial charge in [0.25, 0.3) is 0 Å². The van der Waals surface area contributed by atoms with Crippen LogP contribution in [0, 0.1) is 11.8 Å². The Morgan fingerprint density at radius 3 is 1.93 bits per heavy atom. The molecule has 0 aromatic heterocycles. The maximum Gasteiger partial charge on any atom is 0.0431 e. The van der Waals surface area contributed by atoms with E-state index >= 15 is 0 Å². The molecule has 0 radical (unpaired) electrons. The van der Waals surface area contributed by atoms with Gasteiger partial charge in [-0.05, 0) is 23.5 Å².